The molecule has 1 heterocycles. The smallest absolute Gasteiger partial charge is 0.255 e. The van der Waals surface area contributed by atoms with Crippen molar-refractivity contribution in [3.05, 3.63) is 48.2 Å². The van der Waals surface area contributed by atoms with Crippen LogP contribution in [0.25, 0.3) is 0 Å². The summed E-state index contributed by atoms with van der Waals surface area (Å²) < 4.78 is 5.14. The molecule has 1 fully saturated rings. The van der Waals surface area contributed by atoms with Crippen molar-refractivity contribution in [1.82, 2.24) is 4.98 Å². The maximum absolute atomic E-state index is 12.3. The SMILES string of the molecule is COc1cccc(C(=O)Nc2ccc(NC3CCCCC3)nc2)c1. The molecular weight excluding hydrogens is 302 g/mol. The van der Waals surface area contributed by atoms with Gasteiger partial charge in [-0.05, 0) is 43.2 Å². The van der Waals surface area contributed by atoms with Crippen molar-refractivity contribution in [1.29, 1.82) is 0 Å². The molecule has 5 nitrogen and oxygen atoms in total. The monoisotopic (exact) mass is 325 g/mol. The minimum atomic E-state index is -0.177. The number of pyridine rings is 1. The largest absolute Gasteiger partial charge is 0.497 e. The van der Waals surface area contributed by atoms with Gasteiger partial charge in [0.15, 0.2) is 0 Å². The van der Waals surface area contributed by atoms with Crippen LogP contribution >= 0.6 is 0 Å². The van der Waals surface area contributed by atoms with E-state index in [0.717, 1.165) is 5.82 Å². The fraction of sp³-hybridized carbons (Fsp3) is 0.368. The van der Waals surface area contributed by atoms with Crippen molar-refractivity contribution >= 4 is 17.4 Å². The van der Waals surface area contributed by atoms with Crippen molar-refractivity contribution in [2.24, 2.45) is 0 Å². The molecule has 1 aliphatic carbocycles. The lowest BCUT2D eigenvalue weighted by atomic mass is 9.95. The first-order valence-electron chi connectivity index (χ1n) is 8.42. The molecule has 24 heavy (non-hydrogen) atoms. The quantitative estimate of drug-likeness (QED) is 0.869. The summed E-state index contributed by atoms with van der Waals surface area (Å²) in [5, 5.41) is 6.32. The van der Waals surface area contributed by atoms with Gasteiger partial charge in [-0.2, -0.15) is 0 Å². The topological polar surface area (TPSA) is 63.2 Å². The Kier molecular flexibility index (Phi) is 5.31. The molecule has 1 saturated carbocycles. The van der Waals surface area contributed by atoms with Gasteiger partial charge in [0, 0.05) is 11.6 Å². The Bertz CT molecular complexity index is 679. The number of anilines is 2. The molecule has 5 heteroatoms. The first-order chi connectivity index (χ1) is 11.7. The van der Waals surface area contributed by atoms with Crippen LogP contribution in [0.3, 0.4) is 0 Å². The predicted octanol–water partition coefficient (Wildman–Crippen LogP) is 4.09. The summed E-state index contributed by atoms with van der Waals surface area (Å²) in [4.78, 5) is 16.7. The number of methoxy groups -OCH3 is 1. The van der Waals surface area contributed by atoms with Gasteiger partial charge in [0.05, 0.1) is 19.0 Å². The minimum Gasteiger partial charge on any atom is -0.497 e. The molecule has 1 aromatic heterocycles. The van der Waals surface area contributed by atoms with E-state index in [1.165, 1.54) is 32.1 Å². The standard InChI is InChI=1S/C19H23N3O2/c1-24-17-9-5-6-14(12-17)19(23)22-16-10-11-18(20-13-16)21-15-7-3-2-4-8-15/h5-6,9-13,15H,2-4,7-8H2,1H3,(H,20,21)(H,22,23). The summed E-state index contributed by atoms with van der Waals surface area (Å²) >= 11 is 0. The fourth-order valence-electron chi connectivity index (χ4n) is 2.98. The summed E-state index contributed by atoms with van der Waals surface area (Å²) in [6.07, 6.45) is 7.99. The van der Waals surface area contributed by atoms with Crippen LogP contribution in [-0.2, 0) is 0 Å². The summed E-state index contributed by atoms with van der Waals surface area (Å²) in [6.45, 7) is 0. The second-order valence-electron chi connectivity index (χ2n) is 6.10. The lowest BCUT2D eigenvalue weighted by molar-refractivity contribution is 0.102. The van der Waals surface area contributed by atoms with E-state index in [9.17, 15) is 4.79 Å². The minimum absolute atomic E-state index is 0.177. The molecule has 0 unspecified atom stereocenters. The molecule has 126 valence electrons. The number of benzene rings is 1. The van der Waals surface area contributed by atoms with Gasteiger partial charge in [0.2, 0.25) is 0 Å². The van der Waals surface area contributed by atoms with Gasteiger partial charge >= 0.3 is 0 Å². The number of rotatable bonds is 5. The molecule has 0 bridgehead atoms. The molecule has 0 radical (unpaired) electrons. The van der Waals surface area contributed by atoms with E-state index in [2.05, 4.69) is 15.6 Å². The number of carbonyl (C=O) groups is 1. The Morgan fingerprint density at radius 2 is 2.00 bits per heavy atom. The Morgan fingerprint density at radius 3 is 2.71 bits per heavy atom. The zero-order chi connectivity index (χ0) is 16.8. The van der Waals surface area contributed by atoms with Gasteiger partial charge in [-0.15, -0.1) is 0 Å². The number of amides is 1. The van der Waals surface area contributed by atoms with Gasteiger partial charge in [-0.25, -0.2) is 4.98 Å². The Balaban J connectivity index is 1.59. The van der Waals surface area contributed by atoms with E-state index in [4.69, 9.17) is 4.74 Å². The second kappa shape index (κ2) is 7.81. The van der Waals surface area contributed by atoms with Crippen molar-refractivity contribution in [2.45, 2.75) is 38.1 Å². The highest BCUT2D eigenvalue weighted by atomic mass is 16.5. The highest BCUT2D eigenvalue weighted by Crippen LogP contribution is 2.21. The highest BCUT2D eigenvalue weighted by Gasteiger charge is 2.13. The Morgan fingerprint density at radius 1 is 1.17 bits per heavy atom. The third-order valence-electron chi connectivity index (χ3n) is 4.31. The third-order valence-corrected chi connectivity index (χ3v) is 4.31. The molecule has 0 spiro atoms. The Hall–Kier alpha value is -2.56. The number of carbonyl (C=O) groups excluding carboxylic acids is 1. The Labute approximate surface area is 142 Å². The van der Waals surface area contributed by atoms with Crippen LogP contribution in [0.5, 0.6) is 5.75 Å². The van der Waals surface area contributed by atoms with Crippen LogP contribution in [0.4, 0.5) is 11.5 Å². The van der Waals surface area contributed by atoms with E-state index in [-0.39, 0.29) is 5.91 Å². The van der Waals surface area contributed by atoms with Crippen molar-refractivity contribution < 1.29 is 9.53 Å². The zero-order valence-corrected chi connectivity index (χ0v) is 13.9. The number of aromatic nitrogens is 1. The number of ether oxygens (including phenoxy) is 1. The summed E-state index contributed by atoms with van der Waals surface area (Å²) in [7, 11) is 1.58. The van der Waals surface area contributed by atoms with Crippen molar-refractivity contribution in [2.75, 3.05) is 17.7 Å². The normalized spacial score (nSPS) is 14.9. The average molecular weight is 325 g/mol. The van der Waals surface area contributed by atoms with Crippen LogP contribution in [-0.4, -0.2) is 24.0 Å². The zero-order valence-electron chi connectivity index (χ0n) is 13.9. The molecule has 1 aromatic carbocycles. The van der Waals surface area contributed by atoms with E-state index < -0.39 is 0 Å². The van der Waals surface area contributed by atoms with Gasteiger partial charge in [0.25, 0.3) is 5.91 Å². The number of nitrogens with zero attached hydrogens (tertiary/aromatic N) is 1. The average Bonchev–Trinajstić information content (AvgIpc) is 2.64. The van der Waals surface area contributed by atoms with Gasteiger partial charge in [0.1, 0.15) is 11.6 Å². The summed E-state index contributed by atoms with van der Waals surface area (Å²) in [6, 6.07) is 11.4. The molecule has 0 saturated heterocycles. The van der Waals surface area contributed by atoms with Gasteiger partial charge < -0.3 is 15.4 Å². The number of nitrogens with one attached hydrogen (secondary N) is 2. The summed E-state index contributed by atoms with van der Waals surface area (Å²) in [5.74, 6) is 1.35. The van der Waals surface area contributed by atoms with E-state index >= 15 is 0 Å². The van der Waals surface area contributed by atoms with Gasteiger partial charge in [-0.3, -0.25) is 4.79 Å². The second-order valence-corrected chi connectivity index (χ2v) is 6.10. The lowest BCUT2D eigenvalue weighted by Crippen LogP contribution is -2.22. The number of hydrogen-bond donors (Lipinski definition) is 2. The molecule has 1 aliphatic rings. The summed E-state index contributed by atoms with van der Waals surface area (Å²) in [5.41, 5.74) is 1.23. The van der Waals surface area contributed by atoms with Crippen molar-refractivity contribution in [3.8, 4) is 5.75 Å². The molecule has 2 N–H and O–H groups in total. The third kappa shape index (κ3) is 4.25. The maximum atomic E-state index is 12.3. The molecular formula is C19H23N3O2. The molecule has 0 aliphatic heterocycles. The molecule has 2 aromatic rings. The molecule has 1 amide bonds. The lowest BCUT2D eigenvalue weighted by Gasteiger charge is -2.23. The van der Waals surface area contributed by atoms with E-state index in [0.29, 0.717) is 23.0 Å². The predicted molar refractivity (Wildman–Crippen MR) is 95.7 cm³/mol. The molecule has 0 atom stereocenters. The van der Waals surface area contributed by atoms with E-state index in [1.807, 2.05) is 18.2 Å². The van der Waals surface area contributed by atoms with Crippen LogP contribution in [0, 0.1) is 0 Å². The van der Waals surface area contributed by atoms with Crippen molar-refractivity contribution in [3.63, 3.8) is 0 Å². The van der Waals surface area contributed by atoms with Crippen LogP contribution < -0.4 is 15.4 Å². The maximum Gasteiger partial charge on any atom is 0.255 e. The van der Waals surface area contributed by atoms with Crippen LogP contribution in [0.1, 0.15) is 42.5 Å². The van der Waals surface area contributed by atoms with Gasteiger partial charge in [-0.1, -0.05) is 25.3 Å². The van der Waals surface area contributed by atoms with Crippen LogP contribution in [0.2, 0.25) is 0 Å². The molecule has 3 rings (SSSR count). The number of hydrogen-bond acceptors (Lipinski definition) is 4. The van der Waals surface area contributed by atoms with E-state index in [1.54, 1.807) is 31.5 Å². The first-order valence-corrected chi connectivity index (χ1v) is 8.42. The van der Waals surface area contributed by atoms with Crippen LogP contribution in [0.15, 0.2) is 42.6 Å². The first kappa shape index (κ1) is 16.3. The highest BCUT2D eigenvalue weighted by molar-refractivity contribution is 6.04. The fourth-order valence-corrected chi connectivity index (χ4v) is 2.98.